The average Bonchev–Trinajstić information content (AvgIpc) is 2.56. The zero-order chi connectivity index (χ0) is 16.4. The number of imide groups is 1. The maximum atomic E-state index is 12.5. The van der Waals surface area contributed by atoms with Crippen molar-refractivity contribution in [3.8, 4) is 0 Å². The van der Waals surface area contributed by atoms with E-state index in [2.05, 4.69) is 27.1 Å². The molecule has 2 N–H and O–H groups in total. The third kappa shape index (κ3) is 2.86. The Kier molecular flexibility index (Phi) is 4.19. The Hall–Kier alpha value is -2.56. The van der Waals surface area contributed by atoms with E-state index in [1.165, 1.54) is 0 Å². The first-order valence-corrected chi connectivity index (χ1v) is 7.77. The quantitative estimate of drug-likeness (QED) is 0.366. The minimum atomic E-state index is -0.650. The molecule has 23 heavy (non-hydrogen) atoms. The van der Waals surface area contributed by atoms with E-state index < -0.39 is 23.8 Å². The van der Waals surface area contributed by atoms with Crippen LogP contribution in [0.3, 0.4) is 0 Å². The molecule has 1 fully saturated rings. The van der Waals surface area contributed by atoms with Crippen LogP contribution in [0.5, 0.6) is 0 Å². The summed E-state index contributed by atoms with van der Waals surface area (Å²) in [7, 11) is 0. The SMILES string of the molecule is N=C=C1C(=O)NC(=O)[C@@H]([n+]2ccccc2)[C@@H]1c1ccc(Br)cc1. The molecule has 1 aromatic heterocycles. The molecule has 0 spiro atoms. The number of rotatable bonds is 2. The molecule has 1 aliphatic rings. The highest BCUT2D eigenvalue weighted by Crippen LogP contribution is 2.35. The molecule has 3 rings (SSSR count). The van der Waals surface area contributed by atoms with E-state index in [9.17, 15) is 9.59 Å². The lowest BCUT2D eigenvalue weighted by atomic mass is 9.81. The van der Waals surface area contributed by atoms with Gasteiger partial charge in [-0.3, -0.25) is 20.3 Å². The predicted octanol–water partition coefficient (Wildman–Crippen LogP) is 1.89. The fourth-order valence-electron chi connectivity index (χ4n) is 2.76. The number of carbonyl (C=O) groups is 2. The molecular weight excluding hydrogens is 358 g/mol. The summed E-state index contributed by atoms with van der Waals surface area (Å²) in [4.78, 5) is 24.5. The Bertz CT molecular complexity index is 811. The van der Waals surface area contributed by atoms with E-state index in [4.69, 9.17) is 5.41 Å². The van der Waals surface area contributed by atoms with Gasteiger partial charge in [-0.05, 0) is 23.6 Å². The van der Waals surface area contributed by atoms with Gasteiger partial charge in [-0.2, -0.15) is 4.57 Å². The fourth-order valence-corrected chi connectivity index (χ4v) is 3.03. The molecular formula is C17H13BrN3O2+. The van der Waals surface area contributed by atoms with Gasteiger partial charge in [0.05, 0.1) is 11.5 Å². The third-order valence-corrected chi connectivity index (χ3v) is 4.33. The van der Waals surface area contributed by atoms with Gasteiger partial charge in [0.2, 0.25) is 6.04 Å². The second kappa shape index (κ2) is 6.28. The molecule has 0 radical (unpaired) electrons. The largest absolute Gasteiger partial charge is 0.296 e. The lowest BCUT2D eigenvalue weighted by Crippen LogP contribution is -2.57. The zero-order valence-electron chi connectivity index (χ0n) is 12.0. The Morgan fingerprint density at radius 3 is 2.35 bits per heavy atom. The number of benzene rings is 1. The minimum absolute atomic E-state index is 0.147. The van der Waals surface area contributed by atoms with Gasteiger partial charge < -0.3 is 0 Å². The summed E-state index contributed by atoms with van der Waals surface area (Å²) < 4.78 is 2.64. The van der Waals surface area contributed by atoms with E-state index in [-0.39, 0.29) is 5.57 Å². The van der Waals surface area contributed by atoms with Crippen LogP contribution in [0.1, 0.15) is 17.5 Å². The number of hydrogen-bond acceptors (Lipinski definition) is 3. The van der Waals surface area contributed by atoms with Gasteiger partial charge in [0.25, 0.3) is 11.8 Å². The molecule has 2 heterocycles. The average molecular weight is 371 g/mol. The van der Waals surface area contributed by atoms with Crippen LogP contribution in [-0.2, 0) is 9.59 Å². The summed E-state index contributed by atoms with van der Waals surface area (Å²) >= 11 is 3.37. The maximum absolute atomic E-state index is 12.5. The summed E-state index contributed by atoms with van der Waals surface area (Å²) in [5, 5.41) is 9.80. The zero-order valence-corrected chi connectivity index (χ0v) is 13.6. The first-order chi connectivity index (χ1) is 11.1. The molecule has 2 aromatic rings. The molecule has 6 heteroatoms. The van der Waals surface area contributed by atoms with Gasteiger partial charge in [-0.25, -0.2) is 0 Å². The van der Waals surface area contributed by atoms with Crippen LogP contribution in [0.15, 0.2) is 64.9 Å². The smallest absolute Gasteiger partial charge is 0.286 e. The number of amides is 2. The molecule has 1 saturated heterocycles. The maximum Gasteiger partial charge on any atom is 0.296 e. The van der Waals surface area contributed by atoms with E-state index >= 15 is 0 Å². The number of nitrogens with one attached hydrogen (secondary N) is 2. The number of pyridine rings is 1. The normalized spacial score (nSPS) is 20.8. The Morgan fingerprint density at radius 1 is 1.09 bits per heavy atom. The summed E-state index contributed by atoms with van der Waals surface area (Å²) in [6.07, 6.45) is 3.54. The molecule has 0 saturated carbocycles. The van der Waals surface area contributed by atoms with Gasteiger partial charge in [0.1, 0.15) is 0 Å². The molecule has 0 aliphatic carbocycles. The molecule has 0 bridgehead atoms. The molecule has 0 unspecified atom stereocenters. The number of hydrogen-bond donors (Lipinski definition) is 2. The number of halogens is 1. The Balaban J connectivity index is 2.17. The van der Waals surface area contributed by atoms with Crippen LogP contribution in [0.4, 0.5) is 0 Å². The second-order valence-corrected chi connectivity index (χ2v) is 6.07. The van der Waals surface area contributed by atoms with E-state index in [0.717, 1.165) is 10.0 Å². The molecule has 2 atom stereocenters. The molecule has 1 aromatic carbocycles. The topological polar surface area (TPSA) is 73.9 Å². The number of piperidine rings is 1. The molecule has 5 nitrogen and oxygen atoms in total. The Labute approximate surface area is 141 Å². The summed E-state index contributed by atoms with van der Waals surface area (Å²) in [6, 6.07) is 12.2. The standard InChI is InChI=1S/C17H12BrN3O2/c18-12-6-4-11(5-7-12)14-13(10-19)16(22)20-17(23)15(14)21-8-2-1-3-9-21/h1-9,14-15,19H/p+1/t14-,15+/m1/s1. The van der Waals surface area contributed by atoms with Crippen LogP contribution in [0.25, 0.3) is 0 Å². The number of carbonyl (C=O) groups excluding carboxylic acids is 2. The summed E-state index contributed by atoms with van der Waals surface area (Å²) in [5.74, 6) is 0.699. The van der Waals surface area contributed by atoms with Crippen LogP contribution in [0.2, 0.25) is 0 Å². The molecule has 114 valence electrons. The predicted molar refractivity (Wildman–Crippen MR) is 86.9 cm³/mol. The third-order valence-electron chi connectivity index (χ3n) is 3.80. The van der Waals surface area contributed by atoms with Crippen molar-refractivity contribution in [1.82, 2.24) is 5.32 Å². The lowest BCUT2D eigenvalue weighted by molar-refractivity contribution is -0.711. The van der Waals surface area contributed by atoms with Gasteiger partial charge >= 0.3 is 0 Å². The first-order valence-electron chi connectivity index (χ1n) is 6.98. The number of aromatic nitrogens is 1. The van der Waals surface area contributed by atoms with E-state index in [1.54, 1.807) is 17.0 Å². The van der Waals surface area contributed by atoms with Crippen LogP contribution in [0, 0.1) is 5.41 Å². The highest BCUT2D eigenvalue weighted by molar-refractivity contribution is 9.10. The van der Waals surface area contributed by atoms with Crippen LogP contribution < -0.4 is 9.88 Å². The Morgan fingerprint density at radius 2 is 1.74 bits per heavy atom. The van der Waals surface area contributed by atoms with Crippen molar-refractivity contribution in [2.75, 3.05) is 0 Å². The van der Waals surface area contributed by atoms with Crippen LogP contribution in [-0.4, -0.2) is 17.7 Å². The second-order valence-electron chi connectivity index (χ2n) is 5.15. The van der Waals surface area contributed by atoms with Crippen molar-refractivity contribution < 1.29 is 14.2 Å². The number of nitrogens with zero attached hydrogens (tertiary/aromatic N) is 1. The van der Waals surface area contributed by atoms with E-state index in [0.29, 0.717) is 0 Å². The molecule has 1 aliphatic heterocycles. The first kappa shape index (κ1) is 15.3. The van der Waals surface area contributed by atoms with Crippen molar-refractivity contribution in [3.05, 3.63) is 70.5 Å². The van der Waals surface area contributed by atoms with Gasteiger partial charge in [0, 0.05) is 16.6 Å². The summed E-state index contributed by atoms with van der Waals surface area (Å²) in [5.41, 5.74) is 0.931. The highest BCUT2D eigenvalue weighted by Gasteiger charge is 2.47. The van der Waals surface area contributed by atoms with Gasteiger partial charge in [0.15, 0.2) is 12.4 Å². The summed E-state index contributed by atoms with van der Waals surface area (Å²) in [6.45, 7) is 0. The fraction of sp³-hybridized carbons (Fsp3) is 0.118. The van der Waals surface area contributed by atoms with Gasteiger partial charge in [-0.1, -0.05) is 34.1 Å². The van der Waals surface area contributed by atoms with Crippen molar-refractivity contribution >= 4 is 33.6 Å². The van der Waals surface area contributed by atoms with Crippen molar-refractivity contribution in [2.24, 2.45) is 0 Å². The lowest BCUT2D eigenvalue weighted by Gasteiger charge is -2.27. The monoisotopic (exact) mass is 370 g/mol. The van der Waals surface area contributed by atoms with Gasteiger partial charge in [-0.15, -0.1) is 0 Å². The van der Waals surface area contributed by atoms with Crippen molar-refractivity contribution in [3.63, 3.8) is 0 Å². The minimum Gasteiger partial charge on any atom is -0.286 e. The van der Waals surface area contributed by atoms with Crippen LogP contribution >= 0.6 is 15.9 Å². The molecule has 2 amide bonds. The van der Waals surface area contributed by atoms with E-state index in [1.807, 2.05) is 42.5 Å². The van der Waals surface area contributed by atoms with Crippen molar-refractivity contribution in [1.29, 1.82) is 5.41 Å². The highest BCUT2D eigenvalue weighted by atomic mass is 79.9. The van der Waals surface area contributed by atoms with Crippen molar-refractivity contribution in [2.45, 2.75) is 12.0 Å².